The van der Waals surface area contributed by atoms with E-state index in [-0.39, 0.29) is 0 Å². The van der Waals surface area contributed by atoms with Crippen molar-refractivity contribution in [1.82, 2.24) is 9.97 Å². The van der Waals surface area contributed by atoms with E-state index < -0.39 is 0 Å². The van der Waals surface area contributed by atoms with Gasteiger partial charge in [-0.15, -0.1) is 0 Å². The standard InChI is InChI=1S/C16H19BrN2O/c1-3-7-16-18-13(11-15(17)19-16)12-8-5-6-9-14(12)20-10-4-2/h5-6,8-9,11H,3-4,7,10H2,1-2H3. The molecule has 4 heteroatoms. The molecule has 106 valence electrons. The van der Waals surface area contributed by atoms with Crippen LogP contribution in [-0.4, -0.2) is 16.6 Å². The molecule has 1 aromatic carbocycles. The van der Waals surface area contributed by atoms with Crippen molar-refractivity contribution in [3.63, 3.8) is 0 Å². The molecule has 2 aromatic rings. The van der Waals surface area contributed by atoms with Gasteiger partial charge in [-0.25, -0.2) is 9.97 Å². The number of aromatic nitrogens is 2. The minimum atomic E-state index is 0.713. The van der Waals surface area contributed by atoms with Crippen LogP contribution >= 0.6 is 15.9 Å². The van der Waals surface area contributed by atoms with E-state index in [2.05, 4.69) is 39.7 Å². The van der Waals surface area contributed by atoms with Crippen molar-refractivity contribution >= 4 is 15.9 Å². The van der Waals surface area contributed by atoms with Crippen molar-refractivity contribution in [3.8, 4) is 17.0 Å². The van der Waals surface area contributed by atoms with Crippen LogP contribution in [0.25, 0.3) is 11.3 Å². The lowest BCUT2D eigenvalue weighted by atomic mass is 10.1. The Hall–Kier alpha value is -1.42. The lowest BCUT2D eigenvalue weighted by molar-refractivity contribution is 0.318. The molecule has 0 saturated carbocycles. The van der Waals surface area contributed by atoms with Gasteiger partial charge in [0.05, 0.1) is 12.3 Å². The lowest BCUT2D eigenvalue weighted by Crippen LogP contribution is -2.00. The van der Waals surface area contributed by atoms with Gasteiger partial charge < -0.3 is 4.74 Å². The van der Waals surface area contributed by atoms with Crippen molar-refractivity contribution in [3.05, 3.63) is 40.8 Å². The second-order valence-electron chi connectivity index (χ2n) is 4.59. The van der Waals surface area contributed by atoms with Gasteiger partial charge in [-0.05, 0) is 47.0 Å². The van der Waals surface area contributed by atoms with Gasteiger partial charge in [0.1, 0.15) is 16.2 Å². The van der Waals surface area contributed by atoms with Gasteiger partial charge >= 0.3 is 0 Å². The van der Waals surface area contributed by atoms with Gasteiger partial charge in [-0.3, -0.25) is 0 Å². The van der Waals surface area contributed by atoms with Gasteiger partial charge in [-0.2, -0.15) is 0 Å². The molecule has 0 saturated heterocycles. The van der Waals surface area contributed by atoms with Gasteiger partial charge in [0.25, 0.3) is 0 Å². The zero-order chi connectivity index (χ0) is 14.4. The predicted octanol–water partition coefficient (Wildman–Crippen LogP) is 4.65. The van der Waals surface area contributed by atoms with Crippen LogP contribution in [0, 0.1) is 0 Å². The second-order valence-corrected chi connectivity index (χ2v) is 5.40. The number of hydrogen-bond acceptors (Lipinski definition) is 3. The molecule has 0 unspecified atom stereocenters. The molecule has 0 spiro atoms. The van der Waals surface area contributed by atoms with Crippen molar-refractivity contribution < 1.29 is 4.74 Å². The molecule has 0 fully saturated rings. The highest BCUT2D eigenvalue weighted by Crippen LogP contribution is 2.29. The molecule has 0 aliphatic carbocycles. The Morgan fingerprint density at radius 1 is 1.10 bits per heavy atom. The maximum atomic E-state index is 5.80. The van der Waals surface area contributed by atoms with Crippen molar-refractivity contribution in [2.75, 3.05) is 6.61 Å². The molecule has 0 bridgehead atoms. The van der Waals surface area contributed by atoms with E-state index in [0.717, 1.165) is 46.7 Å². The van der Waals surface area contributed by atoms with E-state index >= 15 is 0 Å². The number of ether oxygens (including phenoxy) is 1. The van der Waals surface area contributed by atoms with Gasteiger partial charge in [0.15, 0.2) is 0 Å². The van der Waals surface area contributed by atoms with Gasteiger partial charge in [0, 0.05) is 12.0 Å². The average Bonchev–Trinajstić information content (AvgIpc) is 2.45. The number of halogens is 1. The topological polar surface area (TPSA) is 35.0 Å². The maximum absolute atomic E-state index is 5.80. The molecule has 1 aromatic heterocycles. The number of aryl methyl sites for hydroxylation is 1. The van der Waals surface area contributed by atoms with Crippen LogP contribution in [0.2, 0.25) is 0 Å². The van der Waals surface area contributed by atoms with Gasteiger partial charge in [-0.1, -0.05) is 26.0 Å². The summed E-state index contributed by atoms with van der Waals surface area (Å²) in [4.78, 5) is 9.05. The summed E-state index contributed by atoms with van der Waals surface area (Å²) in [5.74, 6) is 1.74. The monoisotopic (exact) mass is 334 g/mol. The van der Waals surface area contributed by atoms with E-state index in [9.17, 15) is 0 Å². The molecule has 0 N–H and O–H groups in total. The fraction of sp³-hybridized carbons (Fsp3) is 0.375. The normalized spacial score (nSPS) is 10.6. The first-order valence-electron chi connectivity index (χ1n) is 7.00. The smallest absolute Gasteiger partial charge is 0.130 e. The summed E-state index contributed by atoms with van der Waals surface area (Å²) in [5, 5.41) is 0. The summed E-state index contributed by atoms with van der Waals surface area (Å²) in [6, 6.07) is 9.95. The van der Waals surface area contributed by atoms with Crippen LogP contribution in [0.15, 0.2) is 34.9 Å². The number of nitrogens with zero attached hydrogens (tertiary/aromatic N) is 2. The van der Waals surface area contributed by atoms with E-state index in [0.29, 0.717) is 6.61 Å². The summed E-state index contributed by atoms with van der Waals surface area (Å²) in [5.41, 5.74) is 1.92. The number of para-hydroxylation sites is 1. The molecule has 20 heavy (non-hydrogen) atoms. The third-order valence-corrected chi connectivity index (χ3v) is 3.25. The Labute approximate surface area is 128 Å². The second kappa shape index (κ2) is 7.39. The van der Waals surface area contributed by atoms with E-state index in [1.54, 1.807) is 0 Å². The highest BCUT2D eigenvalue weighted by Gasteiger charge is 2.10. The van der Waals surface area contributed by atoms with Crippen LogP contribution in [0.4, 0.5) is 0 Å². The lowest BCUT2D eigenvalue weighted by Gasteiger charge is -2.11. The largest absolute Gasteiger partial charge is 0.493 e. The summed E-state index contributed by atoms with van der Waals surface area (Å²) >= 11 is 3.47. The van der Waals surface area contributed by atoms with E-state index in [4.69, 9.17) is 4.74 Å². The first-order chi connectivity index (χ1) is 9.74. The van der Waals surface area contributed by atoms with Crippen molar-refractivity contribution in [2.45, 2.75) is 33.1 Å². The summed E-state index contributed by atoms with van der Waals surface area (Å²) in [6.45, 7) is 4.94. The predicted molar refractivity (Wildman–Crippen MR) is 84.9 cm³/mol. The maximum Gasteiger partial charge on any atom is 0.130 e. The number of benzene rings is 1. The first-order valence-corrected chi connectivity index (χ1v) is 7.79. The fourth-order valence-corrected chi connectivity index (χ4v) is 2.38. The van der Waals surface area contributed by atoms with E-state index in [1.807, 2.05) is 30.3 Å². The molecule has 3 nitrogen and oxygen atoms in total. The Morgan fingerprint density at radius 3 is 2.65 bits per heavy atom. The summed E-state index contributed by atoms with van der Waals surface area (Å²) in [6.07, 6.45) is 2.90. The molecule has 2 rings (SSSR count). The van der Waals surface area contributed by atoms with Crippen molar-refractivity contribution in [1.29, 1.82) is 0 Å². The minimum Gasteiger partial charge on any atom is -0.493 e. The quantitative estimate of drug-likeness (QED) is 0.721. The SMILES string of the molecule is CCCOc1ccccc1-c1cc(Br)nc(CCC)n1. The van der Waals surface area contributed by atoms with Crippen LogP contribution in [0.3, 0.4) is 0 Å². The fourth-order valence-electron chi connectivity index (χ4n) is 1.95. The summed E-state index contributed by atoms with van der Waals surface area (Å²) < 4.78 is 6.62. The third kappa shape index (κ3) is 3.79. The van der Waals surface area contributed by atoms with E-state index in [1.165, 1.54) is 0 Å². The first kappa shape index (κ1) is 15.0. The van der Waals surface area contributed by atoms with Crippen LogP contribution in [-0.2, 0) is 6.42 Å². The Balaban J connectivity index is 2.40. The Morgan fingerprint density at radius 2 is 1.90 bits per heavy atom. The molecule has 0 aliphatic rings. The molecule has 1 heterocycles. The number of hydrogen-bond donors (Lipinski definition) is 0. The van der Waals surface area contributed by atoms with Crippen LogP contribution < -0.4 is 4.74 Å². The van der Waals surface area contributed by atoms with Crippen LogP contribution in [0.5, 0.6) is 5.75 Å². The molecule has 0 radical (unpaired) electrons. The highest BCUT2D eigenvalue weighted by atomic mass is 79.9. The Bertz CT molecular complexity index is 572. The molecular weight excluding hydrogens is 316 g/mol. The third-order valence-electron chi connectivity index (χ3n) is 2.84. The number of rotatable bonds is 6. The zero-order valence-corrected chi connectivity index (χ0v) is 13.5. The molecular formula is C16H19BrN2O. The van der Waals surface area contributed by atoms with Gasteiger partial charge in [0.2, 0.25) is 0 Å². The minimum absolute atomic E-state index is 0.713. The van der Waals surface area contributed by atoms with Crippen LogP contribution in [0.1, 0.15) is 32.5 Å². The van der Waals surface area contributed by atoms with Crippen molar-refractivity contribution in [2.24, 2.45) is 0 Å². The molecule has 0 amide bonds. The molecule has 0 atom stereocenters. The average molecular weight is 335 g/mol. The molecule has 0 aliphatic heterocycles. The zero-order valence-electron chi connectivity index (χ0n) is 11.9. The summed E-state index contributed by atoms with van der Waals surface area (Å²) in [7, 11) is 0. The Kier molecular flexibility index (Phi) is 5.53. The highest BCUT2D eigenvalue weighted by molar-refractivity contribution is 9.10.